The van der Waals surface area contributed by atoms with E-state index in [9.17, 15) is 9.59 Å². The number of nitrogens with two attached hydrogens (primary N) is 1. The number of hydrogen-bond donors (Lipinski definition) is 2. The van der Waals surface area contributed by atoms with Gasteiger partial charge in [0.2, 0.25) is 5.91 Å². The summed E-state index contributed by atoms with van der Waals surface area (Å²) in [7, 11) is 0. The molecule has 0 bridgehead atoms. The van der Waals surface area contributed by atoms with Crippen molar-refractivity contribution in [3.05, 3.63) is 16.1 Å². The lowest BCUT2D eigenvalue weighted by atomic mass is 9.85. The summed E-state index contributed by atoms with van der Waals surface area (Å²) in [6, 6.07) is 0.0844. The van der Waals surface area contributed by atoms with Crippen LogP contribution in [0, 0.1) is 5.92 Å². The zero-order valence-electron chi connectivity index (χ0n) is 12.0. The lowest BCUT2D eigenvalue weighted by Gasteiger charge is -2.41. The number of likely N-dealkylation sites (tertiary alicyclic amines) is 1. The Labute approximate surface area is 127 Å². The van der Waals surface area contributed by atoms with Gasteiger partial charge in [-0.05, 0) is 25.7 Å². The molecule has 3 unspecified atom stereocenters. The minimum Gasteiger partial charge on any atom is -0.353 e. The zero-order chi connectivity index (χ0) is 15.0. The predicted octanol–water partition coefficient (Wildman–Crippen LogP) is 0.903. The van der Waals surface area contributed by atoms with E-state index in [0.29, 0.717) is 31.1 Å². The van der Waals surface area contributed by atoms with Crippen molar-refractivity contribution in [1.29, 1.82) is 0 Å². The number of piperidine rings is 2. The van der Waals surface area contributed by atoms with E-state index in [1.807, 2.05) is 11.8 Å². The highest BCUT2D eigenvalue weighted by Crippen LogP contribution is 2.26. The Kier molecular flexibility index (Phi) is 3.95. The van der Waals surface area contributed by atoms with E-state index in [4.69, 9.17) is 5.73 Å². The van der Waals surface area contributed by atoms with E-state index in [0.717, 1.165) is 17.8 Å². The standard InChI is InChI=1S/C14H20N4O2S/c1-8(15)13-17-11(7-21-13)14(20)18-5-4-10-9(6-18)2-3-12(19)16-10/h7-10H,2-6,15H2,1H3,(H,16,19). The first kappa shape index (κ1) is 14.5. The van der Waals surface area contributed by atoms with E-state index in [2.05, 4.69) is 10.3 Å². The largest absolute Gasteiger partial charge is 0.353 e. The van der Waals surface area contributed by atoms with E-state index in [1.54, 1.807) is 5.38 Å². The molecule has 0 radical (unpaired) electrons. The molecule has 1 aromatic rings. The summed E-state index contributed by atoms with van der Waals surface area (Å²) in [5.41, 5.74) is 6.28. The molecule has 0 aromatic carbocycles. The Hall–Kier alpha value is -1.47. The molecular formula is C14H20N4O2S. The number of hydrogen-bond acceptors (Lipinski definition) is 5. The monoisotopic (exact) mass is 308 g/mol. The fraction of sp³-hybridized carbons (Fsp3) is 0.643. The smallest absolute Gasteiger partial charge is 0.273 e. The maximum atomic E-state index is 12.5. The van der Waals surface area contributed by atoms with Gasteiger partial charge in [0.05, 0.1) is 6.04 Å². The number of rotatable bonds is 2. The molecule has 0 aliphatic carbocycles. The van der Waals surface area contributed by atoms with Gasteiger partial charge in [0, 0.05) is 30.9 Å². The summed E-state index contributed by atoms with van der Waals surface area (Å²) in [6.07, 6.45) is 2.25. The van der Waals surface area contributed by atoms with Crippen molar-refractivity contribution < 1.29 is 9.59 Å². The molecular weight excluding hydrogens is 288 g/mol. The van der Waals surface area contributed by atoms with Gasteiger partial charge in [-0.25, -0.2) is 4.98 Å². The Morgan fingerprint density at radius 3 is 3.10 bits per heavy atom. The first-order valence-corrected chi connectivity index (χ1v) is 8.22. The summed E-state index contributed by atoms with van der Waals surface area (Å²) in [5, 5.41) is 5.61. The third kappa shape index (κ3) is 2.94. The van der Waals surface area contributed by atoms with Gasteiger partial charge in [-0.2, -0.15) is 0 Å². The third-order valence-electron chi connectivity index (χ3n) is 4.24. The molecule has 1 aromatic heterocycles. The lowest BCUT2D eigenvalue weighted by molar-refractivity contribution is -0.125. The van der Waals surface area contributed by atoms with E-state index >= 15 is 0 Å². The third-order valence-corrected chi connectivity index (χ3v) is 5.29. The van der Waals surface area contributed by atoms with Gasteiger partial charge in [-0.1, -0.05) is 0 Å². The molecule has 21 heavy (non-hydrogen) atoms. The molecule has 7 heteroatoms. The van der Waals surface area contributed by atoms with Crippen LogP contribution in [0.3, 0.4) is 0 Å². The molecule has 3 atom stereocenters. The van der Waals surface area contributed by atoms with Crippen LogP contribution in [0.1, 0.15) is 47.7 Å². The Balaban J connectivity index is 1.67. The summed E-state index contributed by atoms with van der Waals surface area (Å²) in [6.45, 7) is 3.24. The molecule has 2 amide bonds. The minimum absolute atomic E-state index is 0.0199. The Morgan fingerprint density at radius 1 is 1.57 bits per heavy atom. The maximum Gasteiger partial charge on any atom is 0.273 e. The predicted molar refractivity (Wildman–Crippen MR) is 79.9 cm³/mol. The zero-order valence-corrected chi connectivity index (χ0v) is 12.9. The number of carbonyl (C=O) groups excluding carboxylic acids is 2. The van der Waals surface area contributed by atoms with Crippen LogP contribution in [0.4, 0.5) is 0 Å². The highest BCUT2D eigenvalue weighted by Gasteiger charge is 2.35. The van der Waals surface area contributed by atoms with E-state index in [1.165, 1.54) is 11.3 Å². The molecule has 2 aliphatic rings. The average molecular weight is 308 g/mol. The van der Waals surface area contributed by atoms with Gasteiger partial charge >= 0.3 is 0 Å². The topological polar surface area (TPSA) is 88.3 Å². The molecule has 0 saturated carbocycles. The van der Waals surface area contributed by atoms with Crippen molar-refractivity contribution >= 4 is 23.2 Å². The molecule has 2 aliphatic heterocycles. The molecule has 2 saturated heterocycles. The van der Waals surface area contributed by atoms with Gasteiger partial charge in [-0.3, -0.25) is 9.59 Å². The van der Waals surface area contributed by atoms with Crippen LogP contribution in [0.15, 0.2) is 5.38 Å². The van der Waals surface area contributed by atoms with Crippen LogP contribution in [-0.4, -0.2) is 40.8 Å². The number of amides is 2. The van der Waals surface area contributed by atoms with Gasteiger partial charge in [-0.15, -0.1) is 11.3 Å². The SMILES string of the molecule is CC(N)c1nc(C(=O)N2CCC3NC(=O)CCC3C2)cs1. The second-order valence-electron chi connectivity index (χ2n) is 5.87. The molecule has 3 N–H and O–H groups in total. The average Bonchev–Trinajstić information content (AvgIpc) is 2.96. The van der Waals surface area contributed by atoms with Crippen molar-refractivity contribution in [3.8, 4) is 0 Å². The maximum absolute atomic E-state index is 12.5. The molecule has 6 nitrogen and oxygen atoms in total. The summed E-state index contributed by atoms with van der Waals surface area (Å²) < 4.78 is 0. The molecule has 3 heterocycles. The first-order chi connectivity index (χ1) is 10.0. The van der Waals surface area contributed by atoms with Crippen molar-refractivity contribution in [2.75, 3.05) is 13.1 Å². The molecule has 2 fully saturated rings. The number of aromatic nitrogens is 1. The van der Waals surface area contributed by atoms with Gasteiger partial charge in [0.1, 0.15) is 10.7 Å². The molecule has 114 valence electrons. The first-order valence-electron chi connectivity index (χ1n) is 7.34. The Bertz CT molecular complexity index is 557. The number of fused-ring (bicyclic) bond motifs is 1. The summed E-state index contributed by atoms with van der Waals surface area (Å²) in [5.74, 6) is 0.484. The summed E-state index contributed by atoms with van der Waals surface area (Å²) in [4.78, 5) is 30.1. The van der Waals surface area contributed by atoms with Crippen LogP contribution in [-0.2, 0) is 4.79 Å². The van der Waals surface area contributed by atoms with Crippen molar-refractivity contribution in [3.63, 3.8) is 0 Å². The van der Waals surface area contributed by atoms with Gasteiger partial charge < -0.3 is 16.0 Å². The molecule has 3 rings (SSSR count). The normalized spacial score (nSPS) is 27.0. The highest BCUT2D eigenvalue weighted by molar-refractivity contribution is 7.09. The van der Waals surface area contributed by atoms with Crippen LogP contribution in [0.25, 0.3) is 0 Å². The van der Waals surface area contributed by atoms with Gasteiger partial charge in [0.15, 0.2) is 0 Å². The number of nitrogens with one attached hydrogen (secondary N) is 1. The lowest BCUT2D eigenvalue weighted by Crippen LogP contribution is -2.55. The highest BCUT2D eigenvalue weighted by atomic mass is 32.1. The van der Waals surface area contributed by atoms with E-state index < -0.39 is 0 Å². The number of nitrogens with zero attached hydrogens (tertiary/aromatic N) is 2. The summed E-state index contributed by atoms with van der Waals surface area (Å²) >= 11 is 1.43. The van der Waals surface area contributed by atoms with Crippen LogP contribution >= 0.6 is 11.3 Å². The van der Waals surface area contributed by atoms with Crippen LogP contribution in [0.5, 0.6) is 0 Å². The minimum atomic E-state index is -0.143. The fourth-order valence-corrected chi connectivity index (χ4v) is 3.80. The van der Waals surface area contributed by atoms with Crippen molar-refractivity contribution in [2.45, 2.75) is 38.3 Å². The van der Waals surface area contributed by atoms with Crippen LogP contribution < -0.4 is 11.1 Å². The quantitative estimate of drug-likeness (QED) is 0.850. The second-order valence-corrected chi connectivity index (χ2v) is 6.76. The van der Waals surface area contributed by atoms with Gasteiger partial charge in [0.25, 0.3) is 5.91 Å². The Morgan fingerprint density at radius 2 is 2.38 bits per heavy atom. The second kappa shape index (κ2) is 5.73. The van der Waals surface area contributed by atoms with E-state index in [-0.39, 0.29) is 23.9 Å². The van der Waals surface area contributed by atoms with Crippen LogP contribution in [0.2, 0.25) is 0 Å². The number of thiazole rings is 1. The van der Waals surface area contributed by atoms with Crippen molar-refractivity contribution in [2.24, 2.45) is 11.7 Å². The van der Waals surface area contributed by atoms with Crippen molar-refractivity contribution in [1.82, 2.24) is 15.2 Å². The number of carbonyl (C=O) groups is 2. The molecule has 0 spiro atoms. The fourth-order valence-electron chi connectivity index (χ4n) is 3.05.